The molecule has 1 unspecified atom stereocenters. The molecular weight excluding hydrogens is 248 g/mol. The summed E-state index contributed by atoms with van der Waals surface area (Å²) < 4.78 is 0. The van der Waals surface area contributed by atoms with Gasteiger partial charge in [0.25, 0.3) is 0 Å². The molecule has 118 valence electrons. The van der Waals surface area contributed by atoms with E-state index in [1.54, 1.807) is 0 Å². The highest BCUT2D eigenvalue weighted by Gasteiger charge is 2.19. The van der Waals surface area contributed by atoms with Gasteiger partial charge in [-0.05, 0) is 57.3 Å². The predicted octanol–water partition coefficient (Wildman–Crippen LogP) is 3.62. The first kappa shape index (κ1) is 17.5. The van der Waals surface area contributed by atoms with E-state index in [0.29, 0.717) is 18.5 Å². The molecule has 1 aliphatic carbocycles. The van der Waals surface area contributed by atoms with Crippen molar-refractivity contribution in [2.45, 2.75) is 90.6 Å². The quantitative estimate of drug-likeness (QED) is 0.714. The lowest BCUT2D eigenvalue weighted by atomic mass is 9.84. The van der Waals surface area contributed by atoms with E-state index in [-0.39, 0.29) is 5.91 Å². The van der Waals surface area contributed by atoms with Crippen LogP contribution in [0.25, 0.3) is 0 Å². The van der Waals surface area contributed by atoms with E-state index in [0.717, 1.165) is 37.5 Å². The molecule has 0 spiro atoms. The Hall–Kier alpha value is -0.570. The number of hydrogen-bond donors (Lipinski definition) is 2. The van der Waals surface area contributed by atoms with Gasteiger partial charge in [0.2, 0.25) is 5.91 Å². The van der Waals surface area contributed by atoms with Gasteiger partial charge in [-0.3, -0.25) is 4.79 Å². The molecule has 3 nitrogen and oxygen atoms in total. The van der Waals surface area contributed by atoms with Gasteiger partial charge in [0.15, 0.2) is 0 Å². The fourth-order valence-corrected chi connectivity index (χ4v) is 3.06. The van der Waals surface area contributed by atoms with Crippen molar-refractivity contribution in [2.75, 3.05) is 0 Å². The van der Waals surface area contributed by atoms with Gasteiger partial charge in [-0.15, -0.1) is 0 Å². The van der Waals surface area contributed by atoms with Gasteiger partial charge in [0, 0.05) is 18.5 Å². The van der Waals surface area contributed by atoms with E-state index in [4.69, 9.17) is 5.73 Å². The summed E-state index contributed by atoms with van der Waals surface area (Å²) in [6.45, 7) is 6.62. The number of carbonyl (C=O) groups is 1. The molecule has 0 heterocycles. The molecule has 1 saturated carbocycles. The highest BCUT2D eigenvalue weighted by Crippen LogP contribution is 2.26. The third-order valence-electron chi connectivity index (χ3n) is 4.50. The Kier molecular flexibility index (Phi) is 8.20. The average molecular weight is 282 g/mol. The molecule has 1 fully saturated rings. The monoisotopic (exact) mass is 282 g/mol. The molecule has 1 atom stereocenters. The maximum absolute atomic E-state index is 11.9. The normalized spacial score (nSPS) is 24.6. The lowest BCUT2D eigenvalue weighted by Gasteiger charge is -2.26. The zero-order valence-electron chi connectivity index (χ0n) is 13.7. The van der Waals surface area contributed by atoms with Gasteiger partial charge in [-0.2, -0.15) is 0 Å². The van der Waals surface area contributed by atoms with E-state index in [1.807, 2.05) is 0 Å². The third kappa shape index (κ3) is 7.88. The second kappa shape index (κ2) is 9.38. The molecule has 3 N–H and O–H groups in total. The van der Waals surface area contributed by atoms with Crippen LogP contribution in [0.1, 0.15) is 78.6 Å². The smallest absolute Gasteiger partial charge is 0.220 e. The first-order valence-electron chi connectivity index (χ1n) is 8.52. The Morgan fingerprint density at radius 1 is 1.15 bits per heavy atom. The second-order valence-electron chi connectivity index (χ2n) is 7.11. The standard InChI is InChI=1S/C17H34N2O/c1-13(2)5-4-6-14(3)19-17(20)12-9-15-7-10-16(18)11-8-15/h13-16H,4-12,18H2,1-3H3,(H,19,20). The summed E-state index contributed by atoms with van der Waals surface area (Å²) in [5.74, 6) is 1.71. The Morgan fingerprint density at radius 2 is 1.80 bits per heavy atom. The van der Waals surface area contributed by atoms with Crippen LogP contribution in [0, 0.1) is 11.8 Å². The molecule has 1 amide bonds. The van der Waals surface area contributed by atoms with Crippen LogP contribution in [-0.2, 0) is 4.79 Å². The molecule has 0 radical (unpaired) electrons. The molecule has 1 rings (SSSR count). The van der Waals surface area contributed by atoms with E-state index >= 15 is 0 Å². The van der Waals surface area contributed by atoms with Gasteiger partial charge < -0.3 is 11.1 Å². The van der Waals surface area contributed by atoms with Gasteiger partial charge >= 0.3 is 0 Å². The van der Waals surface area contributed by atoms with Gasteiger partial charge in [0.1, 0.15) is 0 Å². The lowest BCUT2D eigenvalue weighted by Crippen LogP contribution is -2.33. The van der Waals surface area contributed by atoms with Crippen LogP contribution in [0.4, 0.5) is 0 Å². The molecule has 3 heteroatoms. The minimum Gasteiger partial charge on any atom is -0.354 e. The molecule has 0 saturated heterocycles. The lowest BCUT2D eigenvalue weighted by molar-refractivity contribution is -0.122. The van der Waals surface area contributed by atoms with E-state index < -0.39 is 0 Å². The number of nitrogens with two attached hydrogens (primary N) is 1. The third-order valence-corrected chi connectivity index (χ3v) is 4.50. The van der Waals surface area contributed by atoms with Crippen molar-refractivity contribution in [3.63, 3.8) is 0 Å². The first-order chi connectivity index (χ1) is 9.47. The van der Waals surface area contributed by atoms with Crippen molar-refractivity contribution in [3.8, 4) is 0 Å². The first-order valence-corrected chi connectivity index (χ1v) is 8.52. The summed E-state index contributed by atoms with van der Waals surface area (Å²) in [4.78, 5) is 11.9. The molecule has 0 aromatic heterocycles. The summed E-state index contributed by atoms with van der Waals surface area (Å²) in [5.41, 5.74) is 5.91. The summed E-state index contributed by atoms with van der Waals surface area (Å²) in [6.07, 6.45) is 9.97. The Bertz CT molecular complexity index is 270. The van der Waals surface area contributed by atoms with Crippen molar-refractivity contribution in [1.29, 1.82) is 0 Å². The molecule has 0 aromatic carbocycles. The van der Waals surface area contributed by atoms with Crippen molar-refractivity contribution in [2.24, 2.45) is 17.6 Å². The number of nitrogens with one attached hydrogen (secondary N) is 1. The van der Waals surface area contributed by atoms with Crippen LogP contribution < -0.4 is 11.1 Å². The fraction of sp³-hybridized carbons (Fsp3) is 0.941. The predicted molar refractivity (Wildman–Crippen MR) is 85.5 cm³/mol. The zero-order valence-corrected chi connectivity index (χ0v) is 13.7. The van der Waals surface area contributed by atoms with Crippen LogP contribution in [-0.4, -0.2) is 18.0 Å². The maximum Gasteiger partial charge on any atom is 0.220 e. The highest BCUT2D eigenvalue weighted by atomic mass is 16.1. The average Bonchev–Trinajstić information content (AvgIpc) is 2.37. The van der Waals surface area contributed by atoms with Crippen LogP contribution in [0.3, 0.4) is 0 Å². The topological polar surface area (TPSA) is 55.1 Å². The van der Waals surface area contributed by atoms with Gasteiger partial charge in [-0.25, -0.2) is 0 Å². The summed E-state index contributed by atoms with van der Waals surface area (Å²) >= 11 is 0. The largest absolute Gasteiger partial charge is 0.354 e. The van der Waals surface area contributed by atoms with Crippen LogP contribution in [0.2, 0.25) is 0 Å². The Morgan fingerprint density at radius 3 is 2.40 bits per heavy atom. The molecule has 1 aliphatic rings. The van der Waals surface area contributed by atoms with Crippen molar-refractivity contribution >= 4 is 5.91 Å². The molecule has 0 aromatic rings. The minimum atomic E-state index is 0.233. The number of amides is 1. The summed E-state index contributed by atoms with van der Waals surface area (Å²) in [7, 11) is 0. The number of carbonyl (C=O) groups excluding carboxylic acids is 1. The molecule has 20 heavy (non-hydrogen) atoms. The van der Waals surface area contributed by atoms with Gasteiger partial charge in [-0.1, -0.05) is 26.7 Å². The molecule has 0 bridgehead atoms. The second-order valence-corrected chi connectivity index (χ2v) is 7.11. The Labute approximate surface area is 125 Å². The number of hydrogen-bond acceptors (Lipinski definition) is 2. The SMILES string of the molecule is CC(C)CCCC(C)NC(=O)CCC1CCC(N)CC1. The Balaban J connectivity index is 2.07. The fourth-order valence-electron chi connectivity index (χ4n) is 3.06. The van der Waals surface area contributed by atoms with E-state index in [1.165, 1.54) is 25.7 Å². The van der Waals surface area contributed by atoms with Crippen molar-refractivity contribution in [3.05, 3.63) is 0 Å². The minimum absolute atomic E-state index is 0.233. The summed E-state index contributed by atoms with van der Waals surface area (Å²) in [5, 5.41) is 3.14. The molecular formula is C17H34N2O. The number of rotatable bonds is 8. The van der Waals surface area contributed by atoms with E-state index in [2.05, 4.69) is 26.1 Å². The van der Waals surface area contributed by atoms with Gasteiger partial charge in [0.05, 0.1) is 0 Å². The van der Waals surface area contributed by atoms with Crippen LogP contribution in [0.5, 0.6) is 0 Å². The van der Waals surface area contributed by atoms with Crippen LogP contribution in [0.15, 0.2) is 0 Å². The maximum atomic E-state index is 11.9. The summed E-state index contributed by atoms with van der Waals surface area (Å²) in [6, 6.07) is 0.724. The van der Waals surface area contributed by atoms with Crippen molar-refractivity contribution < 1.29 is 4.79 Å². The van der Waals surface area contributed by atoms with E-state index in [9.17, 15) is 4.79 Å². The zero-order chi connectivity index (χ0) is 15.0. The highest BCUT2D eigenvalue weighted by molar-refractivity contribution is 5.76. The molecule has 0 aliphatic heterocycles. The van der Waals surface area contributed by atoms with Crippen LogP contribution >= 0.6 is 0 Å². The van der Waals surface area contributed by atoms with Crippen molar-refractivity contribution in [1.82, 2.24) is 5.32 Å².